The van der Waals surface area contributed by atoms with E-state index < -0.39 is 6.10 Å². The van der Waals surface area contributed by atoms with Crippen molar-refractivity contribution in [2.45, 2.75) is 51.2 Å². The van der Waals surface area contributed by atoms with E-state index in [0.717, 1.165) is 12.8 Å². The van der Waals surface area contributed by atoms with E-state index in [0.29, 0.717) is 16.3 Å². The number of rotatable bonds is 3. The molecule has 1 fully saturated rings. The van der Waals surface area contributed by atoms with Crippen molar-refractivity contribution < 1.29 is 9.84 Å². The van der Waals surface area contributed by atoms with E-state index in [4.69, 9.17) is 16.3 Å². The van der Waals surface area contributed by atoms with Crippen LogP contribution in [0.3, 0.4) is 0 Å². The second-order valence-corrected chi connectivity index (χ2v) is 4.99. The van der Waals surface area contributed by atoms with Gasteiger partial charge in [-0.15, -0.1) is 0 Å². The maximum Gasteiger partial charge on any atom is 0.145 e. The smallest absolute Gasteiger partial charge is 0.145 e. The van der Waals surface area contributed by atoms with Crippen molar-refractivity contribution in [1.29, 1.82) is 0 Å². The fourth-order valence-corrected chi connectivity index (χ4v) is 2.60. The van der Waals surface area contributed by atoms with Gasteiger partial charge in [0.1, 0.15) is 5.75 Å². The highest BCUT2D eigenvalue weighted by Gasteiger charge is 2.19. The maximum atomic E-state index is 9.72. The van der Waals surface area contributed by atoms with E-state index in [1.165, 1.54) is 25.5 Å². The maximum absolute atomic E-state index is 9.72. The molecule has 94 valence electrons. The summed E-state index contributed by atoms with van der Waals surface area (Å²) >= 11 is 6.04. The molecule has 1 N–H and O–H groups in total. The Morgan fingerprint density at radius 2 is 2.06 bits per heavy atom. The van der Waals surface area contributed by atoms with Crippen LogP contribution in [-0.2, 0) is 0 Å². The summed E-state index contributed by atoms with van der Waals surface area (Å²) in [4.78, 5) is 4.02. The zero-order valence-corrected chi connectivity index (χ0v) is 10.8. The second-order valence-electron chi connectivity index (χ2n) is 4.59. The van der Waals surface area contributed by atoms with Crippen LogP contribution in [0.5, 0.6) is 5.75 Å². The monoisotopic (exact) mass is 255 g/mol. The Morgan fingerprint density at radius 3 is 2.71 bits per heavy atom. The lowest BCUT2D eigenvalue weighted by Gasteiger charge is -2.24. The molecule has 1 aliphatic carbocycles. The van der Waals surface area contributed by atoms with Gasteiger partial charge >= 0.3 is 0 Å². The quantitative estimate of drug-likeness (QED) is 0.899. The van der Waals surface area contributed by atoms with E-state index >= 15 is 0 Å². The Balaban J connectivity index is 2.16. The molecule has 1 unspecified atom stereocenters. The number of hydrogen-bond acceptors (Lipinski definition) is 3. The van der Waals surface area contributed by atoms with Crippen LogP contribution >= 0.6 is 11.6 Å². The van der Waals surface area contributed by atoms with Crippen LogP contribution < -0.4 is 4.74 Å². The van der Waals surface area contributed by atoms with Crippen LogP contribution in [0.1, 0.15) is 50.7 Å². The van der Waals surface area contributed by atoms with Crippen molar-refractivity contribution in [3.63, 3.8) is 0 Å². The molecule has 0 saturated heterocycles. The average Bonchev–Trinajstić information content (AvgIpc) is 2.30. The molecule has 17 heavy (non-hydrogen) atoms. The highest BCUT2D eigenvalue weighted by molar-refractivity contribution is 6.31. The van der Waals surface area contributed by atoms with Gasteiger partial charge in [-0.1, -0.05) is 18.0 Å². The van der Waals surface area contributed by atoms with Crippen molar-refractivity contribution in [2.75, 3.05) is 0 Å². The van der Waals surface area contributed by atoms with Crippen LogP contribution in [0.15, 0.2) is 12.4 Å². The molecule has 0 aliphatic heterocycles. The summed E-state index contributed by atoms with van der Waals surface area (Å²) in [6.45, 7) is 1.69. The largest absolute Gasteiger partial charge is 0.488 e. The standard InChI is InChI=1S/C13H18ClNO2/c1-9(16)13-11(14)7-15-8-12(13)17-10-5-3-2-4-6-10/h7-10,16H,2-6H2,1H3. The van der Waals surface area contributed by atoms with Crippen LogP contribution in [0.25, 0.3) is 0 Å². The van der Waals surface area contributed by atoms with Gasteiger partial charge in [-0.2, -0.15) is 0 Å². The molecule has 2 rings (SSSR count). The zero-order valence-electron chi connectivity index (χ0n) is 10.0. The van der Waals surface area contributed by atoms with Gasteiger partial charge in [-0.3, -0.25) is 4.98 Å². The van der Waals surface area contributed by atoms with Gasteiger partial charge in [0.25, 0.3) is 0 Å². The Kier molecular flexibility index (Phi) is 4.24. The molecular formula is C13H18ClNO2. The van der Waals surface area contributed by atoms with Crippen LogP contribution in [-0.4, -0.2) is 16.2 Å². The Morgan fingerprint density at radius 1 is 1.35 bits per heavy atom. The van der Waals surface area contributed by atoms with Gasteiger partial charge in [0, 0.05) is 11.8 Å². The Hall–Kier alpha value is -0.800. The first-order valence-electron chi connectivity index (χ1n) is 6.16. The molecule has 1 saturated carbocycles. The van der Waals surface area contributed by atoms with Crippen molar-refractivity contribution in [2.24, 2.45) is 0 Å². The molecule has 0 spiro atoms. The van der Waals surface area contributed by atoms with E-state index in [2.05, 4.69) is 4.98 Å². The lowest BCUT2D eigenvalue weighted by atomic mass is 9.97. The van der Waals surface area contributed by atoms with Crippen LogP contribution in [0.4, 0.5) is 0 Å². The Bertz CT molecular complexity index is 376. The third-order valence-corrected chi connectivity index (χ3v) is 3.47. The molecule has 1 aromatic heterocycles. The highest BCUT2D eigenvalue weighted by atomic mass is 35.5. The minimum Gasteiger partial charge on any atom is -0.488 e. The van der Waals surface area contributed by atoms with Gasteiger partial charge in [0.05, 0.1) is 23.4 Å². The molecule has 3 nitrogen and oxygen atoms in total. The van der Waals surface area contributed by atoms with Gasteiger partial charge < -0.3 is 9.84 Å². The molecule has 0 aromatic carbocycles. The first-order chi connectivity index (χ1) is 8.18. The summed E-state index contributed by atoms with van der Waals surface area (Å²) in [6.07, 6.45) is 8.64. The van der Waals surface area contributed by atoms with E-state index in [1.807, 2.05) is 0 Å². The van der Waals surface area contributed by atoms with Crippen LogP contribution in [0.2, 0.25) is 5.02 Å². The normalized spacial score (nSPS) is 19.0. The second kappa shape index (κ2) is 5.69. The number of aliphatic hydroxyl groups is 1. The van der Waals surface area contributed by atoms with Crippen molar-refractivity contribution in [3.8, 4) is 5.75 Å². The van der Waals surface area contributed by atoms with E-state index in [1.54, 1.807) is 13.1 Å². The van der Waals surface area contributed by atoms with Crippen molar-refractivity contribution in [3.05, 3.63) is 23.0 Å². The SMILES string of the molecule is CC(O)c1c(Cl)cncc1OC1CCCCC1. The molecule has 1 aromatic rings. The summed E-state index contributed by atoms with van der Waals surface area (Å²) in [7, 11) is 0. The lowest BCUT2D eigenvalue weighted by molar-refractivity contribution is 0.141. The number of aromatic nitrogens is 1. The molecule has 1 aliphatic rings. The summed E-state index contributed by atoms with van der Waals surface area (Å²) in [5, 5.41) is 10.2. The van der Waals surface area contributed by atoms with Crippen LogP contribution in [0, 0.1) is 0 Å². The molecule has 0 bridgehead atoms. The average molecular weight is 256 g/mol. The summed E-state index contributed by atoms with van der Waals surface area (Å²) in [5.74, 6) is 0.624. The van der Waals surface area contributed by atoms with E-state index in [9.17, 15) is 5.11 Å². The predicted octanol–water partition coefficient (Wildman–Crippen LogP) is 3.50. The molecule has 1 heterocycles. The third-order valence-electron chi connectivity index (χ3n) is 3.17. The minimum absolute atomic E-state index is 0.238. The lowest BCUT2D eigenvalue weighted by Crippen LogP contribution is -2.20. The van der Waals surface area contributed by atoms with Gasteiger partial charge in [-0.05, 0) is 32.6 Å². The first-order valence-corrected chi connectivity index (χ1v) is 6.54. The molecule has 0 amide bonds. The fraction of sp³-hybridized carbons (Fsp3) is 0.615. The fourth-order valence-electron chi connectivity index (χ4n) is 2.29. The number of ether oxygens (including phenoxy) is 1. The van der Waals surface area contributed by atoms with Gasteiger partial charge in [0.15, 0.2) is 0 Å². The number of aliphatic hydroxyl groups excluding tert-OH is 1. The van der Waals surface area contributed by atoms with E-state index in [-0.39, 0.29) is 6.10 Å². The summed E-state index contributed by atoms with van der Waals surface area (Å²) < 4.78 is 5.92. The van der Waals surface area contributed by atoms with Gasteiger partial charge in [-0.25, -0.2) is 0 Å². The van der Waals surface area contributed by atoms with Crippen molar-refractivity contribution in [1.82, 2.24) is 4.98 Å². The molecule has 1 atom stereocenters. The van der Waals surface area contributed by atoms with Crippen molar-refractivity contribution >= 4 is 11.6 Å². The zero-order chi connectivity index (χ0) is 12.3. The topological polar surface area (TPSA) is 42.4 Å². The predicted molar refractivity (Wildman–Crippen MR) is 67.4 cm³/mol. The Labute approximate surface area is 107 Å². The number of halogens is 1. The number of nitrogens with zero attached hydrogens (tertiary/aromatic N) is 1. The molecular weight excluding hydrogens is 238 g/mol. The summed E-state index contributed by atoms with van der Waals surface area (Å²) in [6, 6.07) is 0. The number of pyridine rings is 1. The molecule has 4 heteroatoms. The number of hydrogen-bond donors (Lipinski definition) is 1. The highest BCUT2D eigenvalue weighted by Crippen LogP contribution is 2.33. The minimum atomic E-state index is -0.635. The third kappa shape index (κ3) is 3.11. The first kappa shape index (κ1) is 12.7. The summed E-state index contributed by atoms with van der Waals surface area (Å²) in [5.41, 5.74) is 0.646. The molecule has 0 radical (unpaired) electrons. The van der Waals surface area contributed by atoms with Gasteiger partial charge in [0.2, 0.25) is 0 Å².